The first-order valence-electron chi connectivity index (χ1n) is 11.3. The molecule has 2 saturated heterocycles. The van der Waals surface area contributed by atoms with Crippen LogP contribution in [-0.2, 0) is 19.1 Å². The van der Waals surface area contributed by atoms with Crippen LogP contribution in [0.3, 0.4) is 0 Å². The second kappa shape index (κ2) is 9.30. The van der Waals surface area contributed by atoms with Crippen molar-refractivity contribution in [3.63, 3.8) is 0 Å². The van der Waals surface area contributed by atoms with Crippen LogP contribution < -0.4 is 5.73 Å². The van der Waals surface area contributed by atoms with Gasteiger partial charge >= 0.3 is 5.97 Å². The van der Waals surface area contributed by atoms with E-state index in [1.54, 1.807) is 13.0 Å². The Balaban J connectivity index is 1.39. The van der Waals surface area contributed by atoms with Gasteiger partial charge in [-0.2, -0.15) is 0 Å². The van der Waals surface area contributed by atoms with E-state index < -0.39 is 41.7 Å². The number of imide groups is 2. The molecule has 4 rings (SSSR count). The van der Waals surface area contributed by atoms with E-state index in [0.29, 0.717) is 0 Å². The fourth-order valence-corrected chi connectivity index (χ4v) is 4.72. The second-order valence-electron chi connectivity index (χ2n) is 8.63. The van der Waals surface area contributed by atoms with Crippen LogP contribution in [0.15, 0.2) is 18.2 Å². The van der Waals surface area contributed by atoms with Crippen molar-refractivity contribution in [1.82, 2.24) is 14.7 Å². The standard InChI is InChI=1S/C23H28N4O6/c1-14(25-10-3-2-4-11-25)23(32)33-13-12-26-18(28)9-8-17(21(26)30)27-20(29)15-6-5-7-16(24)19(15)22(27)31/h5-7,14,17H,2-4,8-13,24H2,1H3/t14-,17?/m0/s1. The second-order valence-corrected chi connectivity index (χ2v) is 8.63. The molecule has 10 heteroatoms. The Hall–Kier alpha value is -3.27. The summed E-state index contributed by atoms with van der Waals surface area (Å²) in [4.78, 5) is 67.6. The first-order valence-corrected chi connectivity index (χ1v) is 11.3. The highest BCUT2D eigenvalue weighted by molar-refractivity contribution is 6.25. The molecule has 0 aliphatic carbocycles. The summed E-state index contributed by atoms with van der Waals surface area (Å²) in [6.45, 7) is 3.20. The third-order valence-corrected chi connectivity index (χ3v) is 6.61. The Morgan fingerprint density at radius 1 is 1.12 bits per heavy atom. The molecule has 10 nitrogen and oxygen atoms in total. The molecule has 1 unspecified atom stereocenters. The normalized spacial score (nSPS) is 22.5. The molecular formula is C23H28N4O6. The highest BCUT2D eigenvalue weighted by atomic mass is 16.5. The molecule has 0 spiro atoms. The van der Waals surface area contributed by atoms with Crippen LogP contribution in [0, 0.1) is 0 Å². The van der Waals surface area contributed by atoms with Gasteiger partial charge in [0.1, 0.15) is 18.7 Å². The highest BCUT2D eigenvalue weighted by Crippen LogP contribution is 2.32. The maximum absolute atomic E-state index is 13.1. The third kappa shape index (κ3) is 4.22. The number of piperidine rings is 2. The van der Waals surface area contributed by atoms with Gasteiger partial charge in [-0.1, -0.05) is 12.5 Å². The van der Waals surface area contributed by atoms with Crippen molar-refractivity contribution in [2.45, 2.75) is 51.1 Å². The van der Waals surface area contributed by atoms with Crippen LogP contribution in [-0.4, -0.2) is 82.6 Å². The monoisotopic (exact) mass is 456 g/mol. The van der Waals surface area contributed by atoms with E-state index in [2.05, 4.69) is 4.90 Å². The number of rotatable bonds is 6. The molecule has 3 heterocycles. The number of anilines is 1. The van der Waals surface area contributed by atoms with Crippen molar-refractivity contribution in [3.8, 4) is 0 Å². The Kier molecular flexibility index (Phi) is 6.46. The number of carbonyl (C=O) groups is 5. The number of likely N-dealkylation sites (tertiary alicyclic amines) is 2. The van der Waals surface area contributed by atoms with Crippen LogP contribution in [0.1, 0.15) is 59.7 Å². The summed E-state index contributed by atoms with van der Waals surface area (Å²) >= 11 is 0. The number of amides is 4. The van der Waals surface area contributed by atoms with Gasteiger partial charge in [-0.25, -0.2) is 0 Å². The summed E-state index contributed by atoms with van der Waals surface area (Å²) < 4.78 is 5.34. The number of nitrogens with two attached hydrogens (primary N) is 1. The molecule has 0 radical (unpaired) electrons. The molecule has 3 aliphatic rings. The zero-order valence-corrected chi connectivity index (χ0v) is 18.6. The lowest BCUT2D eigenvalue weighted by atomic mass is 10.0. The van der Waals surface area contributed by atoms with Crippen molar-refractivity contribution < 1.29 is 28.7 Å². The molecule has 0 saturated carbocycles. The van der Waals surface area contributed by atoms with E-state index >= 15 is 0 Å². The van der Waals surface area contributed by atoms with Gasteiger partial charge in [-0.05, 0) is 51.4 Å². The van der Waals surface area contributed by atoms with Crippen LogP contribution in [0.4, 0.5) is 5.69 Å². The van der Waals surface area contributed by atoms with Crippen molar-refractivity contribution >= 4 is 35.3 Å². The van der Waals surface area contributed by atoms with E-state index in [0.717, 1.165) is 42.2 Å². The van der Waals surface area contributed by atoms with E-state index in [4.69, 9.17) is 10.5 Å². The van der Waals surface area contributed by atoms with E-state index in [1.165, 1.54) is 12.1 Å². The molecule has 176 valence electrons. The lowest BCUT2D eigenvalue weighted by Gasteiger charge is -2.34. The van der Waals surface area contributed by atoms with Gasteiger partial charge in [-0.15, -0.1) is 0 Å². The number of benzene rings is 1. The molecule has 2 fully saturated rings. The molecular weight excluding hydrogens is 428 g/mol. The van der Waals surface area contributed by atoms with Gasteiger partial charge in [-0.3, -0.25) is 38.7 Å². The number of fused-ring (bicyclic) bond motifs is 1. The fraction of sp³-hybridized carbons (Fsp3) is 0.522. The third-order valence-electron chi connectivity index (χ3n) is 6.61. The summed E-state index contributed by atoms with van der Waals surface area (Å²) in [5.74, 6) is -2.72. The number of hydrogen-bond donors (Lipinski definition) is 1. The molecule has 2 N–H and O–H groups in total. The largest absolute Gasteiger partial charge is 0.463 e. The van der Waals surface area contributed by atoms with Gasteiger partial charge < -0.3 is 10.5 Å². The minimum absolute atomic E-state index is 0.00256. The van der Waals surface area contributed by atoms with Gasteiger partial charge in [0.15, 0.2) is 0 Å². The zero-order valence-electron chi connectivity index (χ0n) is 18.6. The molecule has 1 aromatic rings. The predicted octanol–water partition coefficient (Wildman–Crippen LogP) is 0.800. The number of hydrogen-bond acceptors (Lipinski definition) is 8. The number of carbonyl (C=O) groups excluding carboxylic acids is 5. The van der Waals surface area contributed by atoms with E-state index in [9.17, 15) is 24.0 Å². The molecule has 0 aromatic heterocycles. The predicted molar refractivity (Wildman–Crippen MR) is 117 cm³/mol. The summed E-state index contributed by atoms with van der Waals surface area (Å²) in [6.07, 6.45) is 3.28. The molecule has 3 aliphatic heterocycles. The highest BCUT2D eigenvalue weighted by Gasteiger charge is 2.47. The summed E-state index contributed by atoms with van der Waals surface area (Å²) in [6, 6.07) is 3.09. The maximum Gasteiger partial charge on any atom is 0.323 e. The lowest BCUT2D eigenvalue weighted by Crippen LogP contribution is -2.56. The topological polar surface area (TPSA) is 130 Å². The van der Waals surface area contributed by atoms with Crippen molar-refractivity contribution in [2.75, 3.05) is 32.0 Å². The smallest absolute Gasteiger partial charge is 0.323 e. The number of esters is 1. The average molecular weight is 456 g/mol. The van der Waals surface area contributed by atoms with E-state index in [-0.39, 0.29) is 42.8 Å². The van der Waals surface area contributed by atoms with Crippen LogP contribution in [0.25, 0.3) is 0 Å². The lowest BCUT2D eigenvalue weighted by molar-refractivity contribution is -0.157. The fourth-order valence-electron chi connectivity index (χ4n) is 4.72. The summed E-state index contributed by atoms with van der Waals surface area (Å²) in [7, 11) is 0. The van der Waals surface area contributed by atoms with Crippen LogP contribution >= 0.6 is 0 Å². The average Bonchev–Trinajstić information content (AvgIpc) is 3.07. The van der Waals surface area contributed by atoms with Gasteiger partial charge in [0.25, 0.3) is 17.7 Å². The number of nitrogens with zero attached hydrogens (tertiary/aromatic N) is 3. The molecule has 1 aromatic carbocycles. The minimum Gasteiger partial charge on any atom is -0.463 e. The minimum atomic E-state index is -1.10. The Morgan fingerprint density at radius 3 is 2.55 bits per heavy atom. The molecule has 0 bridgehead atoms. The van der Waals surface area contributed by atoms with Gasteiger partial charge in [0.2, 0.25) is 5.91 Å². The Labute approximate surface area is 191 Å². The Morgan fingerprint density at radius 2 is 1.85 bits per heavy atom. The van der Waals surface area contributed by atoms with Crippen LogP contribution in [0.5, 0.6) is 0 Å². The number of ether oxygens (including phenoxy) is 1. The van der Waals surface area contributed by atoms with Crippen molar-refractivity contribution in [2.24, 2.45) is 0 Å². The first kappa shape index (κ1) is 22.9. The summed E-state index contributed by atoms with van der Waals surface area (Å²) in [5.41, 5.74) is 6.27. The first-order chi connectivity index (χ1) is 15.8. The molecule has 4 amide bonds. The van der Waals surface area contributed by atoms with Crippen molar-refractivity contribution in [1.29, 1.82) is 0 Å². The van der Waals surface area contributed by atoms with Gasteiger partial charge in [0.05, 0.1) is 17.7 Å². The van der Waals surface area contributed by atoms with Gasteiger partial charge in [0, 0.05) is 12.1 Å². The van der Waals surface area contributed by atoms with E-state index in [1.807, 2.05) is 0 Å². The molecule has 2 atom stereocenters. The SMILES string of the molecule is C[C@@H](C(=O)OCCN1C(=O)CCC(N2C(=O)c3cccc(N)c3C2=O)C1=O)N1CCCCC1. The van der Waals surface area contributed by atoms with Crippen molar-refractivity contribution in [3.05, 3.63) is 29.3 Å². The molecule has 33 heavy (non-hydrogen) atoms. The summed E-state index contributed by atoms with van der Waals surface area (Å²) in [5, 5.41) is 0. The Bertz CT molecular complexity index is 1000. The van der Waals surface area contributed by atoms with Crippen LogP contribution in [0.2, 0.25) is 0 Å². The zero-order chi connectivity index (χ0) is 23.7. The maximum atomic E-state index is 13.1. The number of nitrogen functional groups attached to an aromatic ring is 1. The quantitative estimate of drug-likeness (QED) is 0.378.